The van der Waals surface area contributed by atoms with Gasteiger partial charge in [-0.1, -0.05) is 29.8 Å². The fourth-order valence-electron chi connectivity index (χ4n) is 3.31. The summed E-state index contributed by atoms with van der Waals surface area (Å²) in [7, 11) is 1.58. The van der Waals surface area contributed by atoms with E-state index in [0.29, 0.717) is 52.7 Å². The predicted molar refractivity (Wildman–Crippen MR) is 110 cm³/mol. The molecule has 1 aromatic heterocycles. The molecular weight excluding hydrogens is 394 g/mol. The van der Waals surface area contributed by atoms with E-state index in [2.05, 4.69) is 10.4 Å². The largest absolute Gasteiger partial charge is 0.489 e. The molecule has 3 aromatic rings. The second-order valence-corrected chi connectivity index (χ2v) is 7.24. The van der Waals surface area contributed by atoms with Gasteiger partial charge in [-0.3, -0.25) is 9.59 Å². The van der Waals surface area contributed by atoms with Gasteiger partial charge in [0, 0.05) is 25.4 Å². The molecule has 0 aliphatic carbocycles. The standard InChI is InChI=1S/C21H20ClN3O4/c1-25-21(27)15-6-3-2-5-14(15)17(24-25)11-19(26)23-12-13-9-16(22)20-18(10-13)28-7-4-8-29-20/h2-3,5-6,9-10H,4,7-8,11-12H2,1H3,(H,23,26). The number of rotatable bonds is 4. The summed E-state index contributed by atoms with van der Waals surface area (Å²) in [6, 6.07) is 10.7. The molecule has 1 N–H and O–H groups in total. The van der Waals surface area contributed by atoms with Gasteiger partial charge in [0.2, 0.25) is 5.91 Å². The number of hydrogen-bond donors (Lipinski definition) is 1. The van der Waals surface area contributed by atoms with Crippen LogP contribution in [0.25, 0.3) is 10.8 Å². The van der Waals surface area contributed by atoms with Crippen molar-refractivity contribution in [1.82, 2.24) is 15.1 Å². The van der Waals surface area contributed by atoms with Crippen LogP contribution in [-0.2, 0) is 24.8 Å². The van der Waals surface area contributed by atoms with Crippen LogP contribution in [0.2, 0.25) is 5.02 Å². The highest BCUT2D eigenvalue weighted by Gasteiger charge is 2.17. The summed E-state index contributed by atoms with van der Waals surface area (Å²) in [6.45, 7) is 1.41. The van der Waals surface area contributed by atoms with Crippen LogP contribution in [0.3, 0.4) is 0 Å². The number of halogens is 1. The average Bonchev–Trinajstić information content (AvgIpc) is 2.96. The molecule has 8 heteroatoms. The van der Waals surface area contributed by atoms with Crippen LogP contribution in [0.4, 0.5) is 0 Å². The summed E-state index contributed by atoms with van der Waals surface area (Å²) in [5.41, 5.74) is 1.18. The number of carbonyl (C=O) groups is 1. The molecule has 0 bridgehead atoms. The van der Waals surface area contributed by atoms with E-state index in [-0.39, 0.29) is 17.9 Å². The molecule has 2 heterocycles. The summed E-state index contributed by atoms with van der Waals surface area (Å²) in [6.07, 6.45) is 0.852. The lowest BCUT2D eigenvalue weighted by molar-refractivity contribution is -0.120. The van der Waals surface area contributed by atoms with E-state index in [1.165, 1.54) is 4.68 Å². The van der Waals surface area contributed by atoms with Gasteiger partial charge in [0.25, 0.3) is 5.56 Å². The number of amides is 1. The Kier molecular flexibility index (Phi) is 5.40. The number of benzene rings is 2. The third kappa shape index (κ3) is 4.05. The third-order valence-corrected chi connectivity index (χ3v) is 4.99. The zero-order chi connectivity index (χ0) is 20.4. The number of fused-ring (bicyclic) bond motifs is 2. The maximum atomic E-state index is 12.5. The zero-order valence-corrected chi connectivity index (χ0v) is 16.7. The fourth-order valence-corrected chi connectivity index (χ4v) is 3.60. The average molecular weight is 414 g/mol. The molecular formula is C21H20ClN3O4. The summed E-state index contributed by atoms with van der Waals surface area (Å²) in [5, 5.41) is 8.82. The molecule has 0 radical (unpaired) electrons. The van der Waals surface area contributed by atoms with Crippen molar-refractivity contribution in [3.63, 3.8) is 0 Å². The molecule has 150 valence electrons. The van der Waals surface area contributed by atoms with E-state index in [0.717, 1.165) is 12.0 Å². The molecule has 0 saturated heterocycles. The monoisotopic (exact) mass is 413 g/mol. The Morgan fingerprint density at radius 1 is 1.21 bits per heavy atom. The molecule has 1 aliphatic rings. The van der Waals surface area contributed by atoms with Gasteiger partial charge in [0.05, 0.1) is 35.7 Å². The number of aryl methyl sites for hydroxylation is 1. The normalized spacial score (nSPS) is 13.2. The van der Waals surface area contributed by atoms with Crippen LogP contribution in [0.5, 0.6) is 11.5 Å². The van der Waals surface area contributed by atoms with E-state index >= 15 is 0 Å². The molecule has 2 aromatic carbocycles. The van der Waals surface area contributed by atoms with Crippen molar-refractivity contribution < 1.29 is 14.3 Å². The SMILES string of the molecule is Cn1nc(CC(=O)NCc2cc(Cl)c3c(c2)OCCCO3)c2ccccc2c1=O. The Hall–Kier alpha value is -3.06. The Morgan fingerprint density at radius 2 is 1.97 bits per heavy atom. The Bertz CT molecular complexity index is 1140. The lowest BCUT2D eigenvalue weighted by Gasteiger charge is -2.12. The Labute approximate surface area is 172 Å². The van der Waals surface area contributed by atoms with Crippen molar-refractivity contribution >= 4 is 28.3 Å². The minimum Gasteiger partial charge on any atom is -0.489 e. The highest BCUT2D eigenvalue weighted by molar-refractivity contribution is 6.32. The maximum Gasteiger partial charge on any atom is 0.274 e. The van der Waals surface area contributed by atoms with Gasteiger partial charge >= 0.3 is 0 Å². The quantitative estimate of drug-likeness (QED) is 0.711. The smallest absolute Gasteiger partial charge is 0.274 e. The first kappa shape index (κ1) is 19.3. The van der Waals surface area contributed by atoms with Gasteiger partial charge < -0.3 is 14.8 Å². The predicted octanol–water partition coefficient (Wildman–Crippen LogP) is 2.61. The highest BCUT2D eigenvalue weighted by Crippen LogP contribution is 2.37. The lowest BCUT2D eigenvalue weighted by atomic mass is 10.1. The third-order valence-electron chi connectivity index (χ3n) is 4.71. The van der Waals surface area contributed by atoms with Crippen LogP contribution < -0.4 is 20.3 Å². The van der Waals surface area contributed by atoms with Crippen molar-refractivity contribution in [2.24, 2.45) is 7.05 Å². The molecule has 0 atom stereocenters. The minimum absolute atomic E-state index is 0.0624. The lowest BCUT2D eigenvalue weighted by Crippen LogP contribution is -2.27. The summed E-state index contributed by atoms with van der Waals surface area (Å²) in [5.74, 6) is 0.926. The number of nitrogens with one attached hydrogen (secondary N) is 1. The van der Waals surface area contributed by atoms with E-state index in [1.807, 2.05) is 12.1 Å². The van der Waals surface area contributed by atoms with Crippen LogP contribution in [0.1, 0.15) is 17.7 Å². The number of carbonyl (C=O) groups excluding carboxylic acids is 1. The molecule has 0 spiro atoms. The number of nitrogens with zero attached hydrogens (tertiary/aromatic N) is 2. The van der Waals surface area contributed by atoms with Crippen LogP contribution in [-0.4, -0.2) is 28.9 Å². The van der Waals surface area contributed by atoms with Crippen molar-refractivity contribution in [3.8, 4) is 11.5 Å². The first-order valence-corrected chi connectivity index (χ1v) is 9.70. The highest BCUT2D eigenvalue weighted by atomic mass is 35.5. The van der Waals surface area contributed by atoms with E-state index in [9.17, 15) is 9.59 Å². The fraction of sp³-hybridized carbons (Fsp3) is 0.286. The minimum atomic E-state index is -0.204. The molecule has 1 aliphatic heterocycles. The van der Waals surface area contributed by atoms with E-state index < -0.39 is 0 Å². The van der Waals surface area contributed by atoms with Crippen LogP contribution in [0.15, 0.2) is 41.2 Å². The Morgan fingerprint density at radius 3 is 2.79 bits per heavy atom. The van der Waals surface area contributed by atoms with Gasteiger partial charge in [0.1, 0.15) is 0 Å². The molecule has 7 nitrogen and oxygen atoms in total. The van der Waals surface area contributed by atoms with Gasteiger partial charge in [-0.2, -0.15) is 5.10 Å². The van der Waals surface area contributed by atoms with Gasteiger partial charge in [0.15, 0.2) is 11.5 Å². The summed E-state index contributed by atoms with van der Waals surface area (Å²) >= 11 is 6.30. The molecule has 29 heavy (non-hydrogen) atoms. The van der Waals surface area contributed by atoms with Gasteiger partial charge in [-0.05, 0) is 23.8 Å². The topological polar surface area (TPSA) is 82.5 Å². The van der Waals surface area contributed by atoms with Crippen molar-refractivity contribution in [2.45, 2.75) is 19.4 Å². The first-order chi connectivity index (χ1) is 14.0. The van der Waals surface area contributed by atoms with Gasteiger partial charge in [-0.25, -0.2) is 4.68 Å². The first-order valence-electron chi connectivity index (χ1n) is 9.32. The van der Waals surface area contributed by atoms with E-state index in [1.54, 1.807) is 31.3 Å². The van der Waals surface area contributed by atoms with Crippen molar-refractivity contribution in [3.05, 3.63) is 63.0 Å². The molecule has 0 unspecified atom stereocenters. The molecule has 0 saturated carbocycles. The van der Waals surface area contributed by atoms with Crippen molar-refractivity contribution in [1.29, 1.82) is 0 Å². The van der Waals surface area contributed by atoms with Crippen LogP contribution in [0, 0.1) is 0 Å². The number of aromatic nitrogens is 2. The molecule has 1 amide bonds. The van der Waals surface area contributed by atoms with E-state index in [4.69, 9.17) is 21.1 Å². The second kappa shape index (κ2) is 8.13. The second-order valence-electron chi connectivity index (χ2n) is 6.83. The zero-order valence-electron chi connectivity index (χ0n) is 15.9. The van der Waals surface area contributed by atoms with Crippen LogP contribution >= 0.6 is 11.6 Å². The maximum absolute atomic E-state index is 12.5. The number of hydrogen-bond acceptors (Lipinski definition) is 5. The number of ether oxygens (including phenoxy) is 2. The summed E-state index contributed by atoms with van der Waals surface area (Å²) in [4.78, 5) is 24.7. The summed E-state index contributed by atoms with van der Waals surface area (Å²) < 4.78 is 12.6. The molecule has 0 fully saturated rings. The van der Waals surface area contributed by atoms with Gasteiger partial charge in [-0.15, -0.1) is 0 Å². The molecule has 4 rings (SSSR count). The Balaban J connectivity index is 1.50. The van der Waals surface area contributed by atoms with Crippen molar-refractivity contribution in [2.75, 3.05) is 13.2 Å².